The molecule has 0 saturated carbocycles. The van der Waals surface area contributed by atoms with Crippen molar-refractivity contribution >= 4 is 11.6 Å². The van der Waals surface area contributed by atoms with E-state index < -0.39 is 12.0 Å². The summed E-state index contributed by atoms with van der Waals surface area (Å²) in [6.45, 7) is 1.04. The van der Waals surface area contributed by atoms with Gasteiger partial charge in [-0.2, -0.15) is 0 Å². The number of allylic oxidation sites excluding steroid dienone is 2. The molecule has 1 N–H and O–H groups in total. The van der Waals surface area contributed by atoms with Gasteiger partial charge in [-0.3, -0.25) is 9.59 Å². The average molecular weight is 140 g/mol. The maximum atomic E-state index is 10.9. The van der Waals surface area contributed by atoms with Gasteiger partial charge in [0.2, 0.25) is 0 Å². The van der Waals surface area contributed by atoms with Crippen LogP contribution in [-0.4, -0.2) is 23.3 Å². The van der Waals surface area contributed by atoms with Crippen molar-refractivity contribution in [2.45, 2.75) is 6.92 Å². The summed E-state index contributed by atoms with van der Waals surface area (Å²) in [6.07, 6.45) is 2.41. The van der Waals surface area contributed by atoms with Gasteiger partial charge >= 0.3 is 0 Å². The van der Waals surface area contributed by atoms with E-state index in [9.17, 15) is 9.59 Å². The van der Waals surface area contributed by atoms with Crippen LogP contribution in [0.1, 0.15) is 6.92 Å². The highest BCUT2D eigenvalue weighted by Gasteiger charge is 2.41. The number of hydrogen-bond acceptors (Lipinski definition) is 3. The Bertz CT molecular complexity index is 197. The molecule has 0 amide bonds. The minimum Gasteiger partial charge on any atom is -0.395 e. The molecular formula is C7H8O3. The summed E-state index contributed by atoms with van der Waals surface area (Å²) >= 11 is 0. The number of aliphatic hydroxyl groups is 1. The molecule has 3 heteroatoms. The summed E-state index contributed by atoms with van der Waals surface area (Å²) in [5.41, 5.74) is -1.18. The van der Waals surface area contributed by atoms with Crippen LogP contribution < -0.4 is 0 Å². The van der Waals surface area contributed by atoms with Gasteiger partial charge in [-0.05, 0) is 19.1 Å². The second-order valence-corrected chi connectivity index (χ2v) is 2.55. The molecule has 0 atom stereocenters. The highest BCUT2D eigenvalue weighted by molar-refractivity contribution is 6.22. The molecule has 0 bridgehead atoms. The molecule has 0 saturated heterocycles. The highest BCUT2D eigenvalue weighted by atomic mass is 16.3. The molecule has 54 valence electrons. The third-order valence-corrected chi connectivity index (χ3v) is 1.79. The van der Waals surface area contributed by atoms with Crippen molar-refractivity contribution in [2.75, 3.05) is 6.61 Å². The lowest BCUT2D eigenvalue weighted by Gasteiger charge is -2.15. The van der Waals surface area contributed by atoms with E-state index in [1.54, 1.807) is 0 Å². The first-order valence-corrected chi connectivity index (χ1v) is 2.99. The van der Waals surface area contributed by atoms with Crippen molar-refractivity contribution in [1.82, 2.24) is 0 Å². The topological polar surface area (TPSA) is 54.4 Å². The van der Waals surface area contributed by atoms with Crippen LogP contribution in [0.2, 0.25) is 0 Å². The summed E-state index contributed by atoms with van der Waals surface area (Å²) in [5, 5.41) is 8.68. The number of rotatable bonds is 1. The standard InChI is InChI=1S/C7H8O3/c1-7(4-8)5(9)2-3-6(7)10/h2-3,8H,4H2,1H3. The molecule has 1 aliphatic carbocycles. The Morgan fingerprint density at radius 1 is 1.40 bits per heavy atom. The Kier molecular flexibility index (Phi) is 1.45. The molecular weight excluding hydrogens is 132 g/mol. The monoisotopic (exact) mass is 140 g/mol. The number of aliphatic hydroxyl groups excluding tert-OH is 1. The van der Waals surface area contributed by atoms with Gasteiger partial charge in [0.1, 0.15) is 5.41 Å². The fourth-order valence-electron chi connectivity index (χ4n) is 0.796. The molecule has 0 aliphatic heterocycles. The van der Waals surface area contributed by atoms with Crippen LogP contribution in [-0.2, 0) is 9.59 Å². The zero-order valence-corrected chi connectivity index (χ0v) is 5.63. The average Bonchev–Trinajstić information content (AvgIpc) is 2.18. The summed E-state index contributed by atoms with van der Waals surface area (Å²) in [7, 11) is 0. The van der Waals surface area contributed by atoms with Crippen molar-refractivity contribution < 1.29 is 14.7 Å². The third kappa shape index (κ3) is 0.708. The number of ketones is 2. The predicted octanol–water partition coefficient (Wildman–Crippen LogP) is -0.307. The molecule has 0 spiro atoms. The molecule has 0 fully saturated rings. The van der Waals surface area contributed by atoms with Gasteiger partial charge in [0.05, 0.1) is 6.61 Å². The minimum absolute atomic E-state index is 0.306. The van der Waals surface area contributed by atoms with E-state index >= 15 is 0 Å². The van der Waals surface area contributed by atoms with E-state index in [0.717, 1.165) is 0 Å². The quantitative estimate of drug-likeness (QED) is 0.508. The van der Waals surface area contributed by atoms with Crippen molar-refractivity contribution in [3.8, 4) is 0 Å². The largest absolute Gasteiger partial charge is 0.395 e. The number of hydrogen-bond donors (Lipinski definition) is 1. The highest BCUT2D eigenvalue weighted by Crippen LogP contribution is 2.24. The maximum Gasteiger partial charge on any atom is 0.171 e. The number of carbonyl (C=O) groups is 2. The molecule has 0 aromatic rings. The van der Waals surface area contributed by atoms with Crippen LogP contribution in [0.4, 0.5) is 0 Å². The summed E-state index contributed by atoms with van der Waals surface area (Å²) < 4.78 is 0. The first-order chi connectivity index (χ1) is 4.61. The Hall–Kier alpha value is -0.960. The van der Waals surface area contributed by atoms with Crippen molar-refractivity contribution in [2.24, 2.45) is 5.41 Å². The smallest absolute Gasteiger partial charge is 0.171 e. The van der Waals surface area contributed by atoms with Gasteiger partial charge in [-0.1, -0.05) is 0 Å². The molecule has 0 aromatic carbocycles. The lowest BCUT2D eigenvalue weighted by Crippen LogP contribution is -2.33. The maximum absolute atomic E-state index is 10.9. The van der Waals surface area contributed by atoms with Gasteiger partial charge in [-0.25, -0.2) is 0 Å². The molecule has 1 aliphatic rings. The second kappa shape index (κ2) is 2.02. The first-order valence-electron chi connectivity index (χ1n) is 2.99. The molecule has 0 aromatic heterocycles. The van der Waals surface area contributed by atoms with Gasteiger partial charge in [0, 0.05) is 0 Å². The summed E-state index contributed by atoms with van der Waals surface area (Å²) in [5.74, 6) is -0.611. The van der Waals surface area contributed by atoms with E-state index in [1.165, 1.54) is 19.1 Å². The van der Waals surface area contributed by atoms with Crippen LogP contribution in [0.25, 0.3) is 0 Å². The molecule has 10 heavy (non-hydrogen) atoms. The zero-order valence-electron chi connectivity index (χ0n) is 5.63. The fourth-order valence-corrected chi connectivity index (χ4v) is 0.796. The lowest BCUT2D eigenvalue weighted by atomic mass is 9.87. The van der Waals surface area contributed by atoms with Crippen LogP contribution in [0, 0.1) is 5.41 Å². The molecule has 3 nitrogen and oxygen atoms in total. The first kappa shape index (κ1) is 7.15. The van der Waals surface area contributed by atoms with Crippen LogP contribution in [0.5, 0.6) is 0 Å². The van der Waals surface area contributed by atoms with Crippen molar-refractivity contribution in [1.29, 1.82) is 0 Å². The van der Waals surface area contributed by atoms with Gasteiger partial charge in [-0.15, -0.1) is 0 Å². The Labute approximate surface area is 58.4 Å². The zero-order chi connectivity index (χ0) is 7.78. The van der Waals surface area contributed by atoms with E-state index in [0.29, 0.717) is 0 Å². The molecule has 0 unspecified atom stereocenters. The Balaban J connectivity index is 2.98. The SMILES string of the molecule is CC1(CO)C(=O)C=CC1=O. The van der Waals surface area contributed by atoms with E-state index in [-0.39, 0.29) is 11.6 Å². The van der Waals surface area contributed by atoms with Crippen molar-refractivity contribution in [3.05, 3.63) is 12.2 Å². The predicted molar refractivity (Wildman–Crippen MR) is 34.3 cm³/mol. The Morgan fingerprint density at radius 2 is 1.80 bits per heavy atom. The van der Waals surface area contributed by atoms with Gasteiger partial charge in [0.25, 0.3) is 0 Å². The fraction of sp³-hybridized carbons (Fsp3) is 0.429. The van der Waals surface area contributed by atoms with Crippen LogP contribution >= 0.6 is 0 Å². The normalized spacial score (nSPS) is 22.2. The van der Waals surface area contributed by atoms with E-state index in [1.807, 2.05) is 0 Å². The van der Waals surface area contributed by atoms with Crippen LogP contribution in [0.3, 0.4) is 0 Å². The molecule has 0 heterocycles. The lowest BCUT2D eigenvalue weighted by molar-refractivity contribution is -0.134. The van der Waals surface area contributed by atoms with Gasteiger partial charge in [0.15, 0.2) is 11.6 Å². The van der Waals surface area contributed by atoms with Gasteiger partial charge < -0.3 is 5.11 Å². The van der Waals surface area contributed by atoms with E-state index in [2.05, 4.69) is 0 Å². The van der Waals surface area contributed by atoms with Crippen LogP contribution in [0.15, 0.2) is 12.2 Å². The van der Waals surface area contributed by atoms with Crippen molar-refractivity contribution in [3.63, 3.8) is 0 Å². The molecule has 0 radical (unpaired) electrons. The van der Waals surface area contributed by atoms with E-state index in [4.69, 9.17) is 5.11 Å². The second-order valence-electron chi connectivity index (χ2n) is 2.55. The molecule has 1 rings (SSSR count). The minimum atomic E-state index is -1.18. The Morgan fingerprint density at radius 3 is 2.00 bits per heavy atom. The number of carbonyl (C=O) groups excluding carboxylic acids is 2. The summed E-state index contributed by atoms with van der Waals surface area (Å²) in [6, 6.07) is 0. The summed E-state index contributed by atoms with van der Waals surface area (Å²) in [4.78, 5) is 21.7. The third-order valence-electron chi connectivity index (χ3n) is 1.79.